The zero-order valence-corrected chi connectivity index (χ0v) is 10.6. The molecule has 0 aromatic rings. The molecular formula is C11H22N2OS. The third-order valence-electron chi connectivity index (χ3n) is 3.18. The van der Waals surface area contributed by atoms with Crippen LogP contribution in [0.2, 0.25) is 0 Å². The van der Waals surface area contributed by atoms with Crippen LogP contribution in [0.1, 0.15) is 26.2 Å². The van der Waals surface area contributed by atoms with Crippen molar-refractivity contribution in [2.24, 2.45) is 5.41 Å². The molecule has 0 aromatic carbocycles. The van der Waals surface area contributed by atoms with Crippen molar-refractivity contribution in [1.82, 2.24) is 10.2 Å². The number of hydrogen-bond donors (Lipinski definition) is 2. The van der Waals surface area contributed by atoms with Crippen LogP contribution in [-0.4, -0.2) is 43.2 Å². The molecule has 0 heterocycles. The third kappa shape index (κ3) is 4.43. The summed E-state index contributed by atoms with van der Waals surface area (Å²) in [6.45, 7) is 4.82. The van der Waals surface area contributed by atoms with Crippen molar-refractivity contribution in [3.8, 4) is 0 Å². The van der Waals surface area contributed by atoms with Crippen LogP contribution in [0.25, 0.3) is 0 Å². The van der Waals surface area contributed by atoms with Crippen molar-refractivity contribution in [2.75, 3.05) is 32.4 Å². The van der Waals surface area contributed by atoms with Crippen LogP contribution in [0.5, 0.6) is 0 Å². The summed E-state index contributed by atoms with van der Waals surface area (Å²) in [4.78, 5) is 13.8. The first-order valence-electron chi connectivity index (χ1n) is 5.68. The number of carbonyl (C=O) groups is 1. The number of nitrogens with one attached hydrogen (secondary N) is 1. The molecule has 0 aromatic heterocycles. The molecule has 1 rings (SSSR count). The van der Waals surface area contributed by atoms with E-state index < -0.39 is 0 Å². The number of rotatable bonds is 7. The lowest BCUT2D eigenvalue weighted by Gasteiger charge is -2.15. The lowest BCUT2D eigenvalue weighted by Crippen LogP contribution is -2.34. The van der Waals surface area contributed by atoms with Crippen molar-refractivity contribution in [3.05, 3.63) is 0 Å². The first-order chi connectivity index (χ1) is 7.12. The third-order valence-corrected chi connectivity index (χ3v) is 3.85. The van der Waals surface area contributed by atoms with Gasteiger partial charge in [0, 0.05) is 19.5 Å². The van der Waals surface area contributed by atoms with E-state index in [0.717, 1.165) is 25.4 Å². The smallest absolute Gasteiger partial charge is 0.220 e. The Morgan fingerprint density at radius 3 is 2.67 bits per heavy atom. The van der Waals surface area contributed by atoms with E-state index in [1.807, 2.05) is 0 Å². The van der Waals surface area contributed by atoms with Gasteiger partial charge in [-0.1, -0.05) is 6.92 Å². The zero-order valence-electron chi connectivity index (χ0n) is 9.75. The summed E-state index contributed by atoms with van der Waals surface area (Å²) >= 11 is 4.29. The van der Waals surface area contributed by atoms with Crippen molar-refractivity contribution < 1.29 is 4.79 Å². The molecule has 0 unspecified atom stereocenters. The highest BCUT2D eigenvalue weighted by Crippen LogP contribution is 2.49. The van der Waals surface area contributed by atoms with Crippen LogP contribution in [0.3, 0.4) is 0 Å². The summed E-state index contributed by atoms with van der Waals surface area (Å²) in [7, 11) is 2.06. The zero-order chi connectivity index (χ0) is 11.3. The van der Waals surface area contributed by atoms with Crippen LogP contribution < -0.4 is 5.32 Å². The number of amides is 1. The van der Waals surface area contributed by atoms with Crippen molar-refractivity contribution in [2.45, 2.75) is 26.2 Å². The lowest BCUT2D eigenvalue weighted by atomic mass is 10.1. The fourth-order valence-electron chi connectivity index (χ4n) is 1.51. The highest BCUT2D eigenvalue weighted by molar-refractivity contribution is 7.80. The first kappa shape index (κ1) is 12.8. The molecule has 4 heteroatoms. The first-order valence-corrected chi connectivity index (χ1v) is 6.31. The summed E-state index contributed by atoms with van der Waals surface area (Å²) in [5.74, 6) is 1.03. The Morgan fingerprint density at radius 1 is 1.53 bits per heavy atom. The lowest BCUT2D eigenvalue weighted by molar-refractivity contribution is -0.122. The van der Waals surface area contributed by atoms with E-state index >= 15 is 0 Å². The fourth-order valence-corrected chi connectivity index (χ4v) is 1.94. The Bertz CT molecular complexity index is 217. The van der Waals surface area contributed by atoms with Gasteiger partial charge in [-0.15, -0.1) is 0 Å². The van der Waals surface area contributed by atoms with Gasteiger partial charge in [0.2, 0.25) is 5.91 Å². The average Bonchev–Trinajstić information content (AvgIpc) is 2.98. The number of thiol groups is 1. The topological polar surface area (TPSA) is 32.3 Å². The fraction of sp³-hybridized carbons (Fsp3) is 0.909. The summed E-state index contributed by atoms with van der Waals surface area (Å²) in [5.41, 5.74) is 0.240. The van der Waals surface area contributed by atoms with Crippen molar-refractivity contribution in [1.29, 1.82) is 0 Å². The molecule has 88 valence electrons. The normalized spacial score (nSPS) is 17.9. The SMILES string of the molecule is CCN(C)CCNC(=O)CC1(CS)CC1. The highest BCUT2D eigenvalue weighted by atomic mass is 32.1. The molecule has 1 amide bonds. The van der Waals surface area contributed by atoms with Crippen LogP contribution in [-0.2, 0) is 4.79 Å². The van der Waals surface area contributed by atoms with E-state index in [4.69, 9.17) is 0 Å². The maximum absolute atomic E-state index is 11.6. The van der Waals surface area contributed by atoms with Crippen LogP contribution in [0, 0.1) is 5.41 Å². The van der Waals surface area contributed by atoms with Crippen LogP contribution in [0.4, 0.5) is 0 Å². The van der Waals surface area contributed by atoms with Crippen molar-refractivity contribution in [3.63, 3.8) is 0 Å². The number of carbonyl (C=O) groups excluding carboxylic acids is 1. The second-order valence-electron chi connectivity index (χ2n) is 4.58. The van der Waals surface area contributed by atoms with E-state index in [0.29, 0.717) is 6.42 Å². The Hall–Kier alpha value is -0.220. The summed E-state index contributed by atoms with van der Waals surface area (Å²) in [5, 5.41) is 2.96. The molecule has 1 N–H and O–H groups in total. The van der Waals surface area contributed by atoms with Gasteiger partial charge in [-0.25, -0.2) is 0 Å². The van der Waals surface area contributed by atoms with Crippen LogP contribution >= 0.6 is 12.6 Å². The van der Waals surface area contributed by atoms with E-state index in [9.17, 15) is 4.79 Å². The molecule has 15 heavy (non-hydrogen) atoms. The van der Waals surface area contributed by atoms with Crippen molar-refractivity contribution >= 4 is 18.5 Å². The van der Waals surface area contributed by atoms with Gasteiger partial charge in [0.05, 0.1) is 0 Å². The maximum Gasteiger partial charge on any atom is 0.220 e. The molecule has 3 nitrogen and oxygen atoms in total. The predicted octanol–water partition coefficient (Wildman–Crippen LogP) is 1.15. The quantitative estimate of drug-likeness (QED) is 0.643. The van der Waals surface area contributed by atoms with Gasteiger partial charge in [0.25, 0.3) is 0 Å². The molecule has 1 aliphatic carbocycles. The number of hydrogen-bond acceptors (Lipinski definition) is 3. The minimum Gasteiger partial charge on any atom is -0.355 e. The van der Waals surface area contributed by atoms with Crippen LogP contribution in [0.15, 0.2) is 0 Å². The number of likely N-dealkylation sites (N-methyl/N-ethyl adjacent to an activating group) is 1. The number of nitrogens with zero attached hydrogens (tertiary/aromatic N) is 1. The standard InChI is InChI=1S/C11H22N2OS/c1-3-13(2)7-6-12-10(14)8-11(9-15)4-5-11/h15H,3-9H2,1-2H3,(H,12,14). The molecule has 0 spiro atoms. The highest BCUT2D eigenvalue weighted by Gasteiger charge is 2.42. The second kappa shape index (κ2) is 5.75. The minimum atomic E-state index is 0.186. The monoisotopic (exact) mass is 230 g/mol. The minimum absolute atomic E-state index is 0.186. The Kier molecular flexibility index (Phi) is 4.93. The van der Waals surface area contributed by atoms with E-state index in [1.165, 1.54) is 12.8 Å². The molecule has 1 saturated carbocycles. The largest absolute Gasteiger partial charge is 0.355 e. The maximum atomic E-state index is 11.6. The predicted molar refractivity (Wildman–Crippen MR) is 66.3 cm³/mol. The Balaban J connectivity index is 2.09. The summed E-state index contributed by atoms with van der Waals surface area (Å²) in [6, 6.07) is 0. The van der Waals surface area contributed by atoms with E-state index in [1.54, 1.807) is 0 Å². The van der Waals surface area contributed by atoms with Gasteiger partial charge >= 0.3 is 0 Å². The second-order valence-corrected chi connectivity index (χ2v) is 4.90. The Labute approximate surface area is 98.0 Å². The van der Waals surface area contributed by atoms with Gasteiger partial charge in [-0.05, 0) is 37.6 Å². The van der Waals surface area contributed by atoms with Gasteiger partial charge < -0.3 is 10.2 Å². The molecule has 0 bridgehead atoms. The van der Waals surface area contributed by atoms with E-state index in [2.05, 4.69) is 36.8 Å². The van der Waals surface area contributed by atoms with E-state index in [-0.39, 0.29) is 11.3 Å². The van der Waals surface area contributed by atoms with Gasteiger partial charge in [-0.2, -0.15) is 12.6 Å². The molecule has 1 fully saturated rings. The van der Waals surface area contributed by atoms with Gasteiger partial charge in [0.1, 0.15) is 0 Å². The molecule has 0 aliphatic heterocycles. The molecule has 0 radical (unpaired) electrons. The Morgan fingerprint density at radius 2 is 2.20 bits per heavy atom. The molecule has 0 atom stereocenters. The van der Waals surface area contributed by atoms with Gasteiger partial charge in [0.15, 0.2) is 0 Å². The summed E-state index contributed by atoms with van der Waals surface area (Å²) < 4.78 is 0. The molecule has 1 aliphatic rings. The van der Waals surface area contributed by atoms with Gasteiger partial charge in [-0.3, -0.25) is 4.79 Å². The average molecular weight is 230 g/mol. The summed E-state index contributed by atoms with van der Waals surface area (Å²) in [6.07, 6.45) is 2.99. The molecule has 0 saturated heterocycles. The molecular weight excluding hydrogens is 208 g/mol.